The van der Waals surface area contributed by atoms with Gasteiger partial charge in [0.15, 0.2) is 0 Å². The van der Waals surface area contributed by atoms with Crippen LogP contribution < -0.4 is 0 Å². The molecule has 0 aliphatic carbocycles. The molecule has 0 heterocycles. The second-order valence-electron chi connectivity index (χ2n) is 2.30. The highest BCUT2D eigenvalue weighted by molar-refractivity contribution is 5.75. The van der Waals surface area contributed by atoms with Crippen LogP contribution in [0.3, 0.4) is 0 Å². The van der Waals surface area contributed by atoms with Crippen LogP contribution in [0.2, 0.25) is 0 Å². The number of rotatable bonds is 5. The first-order chi connectivity index (χ1) is 4.66. The Labute approximate surface area is 61.9 Å². The summed E-state index contributed by atoms with van der Waals surface area (Å²) in [6, 6.07) is 0. The van der Waals surface area contributed by atoms with Crippen molar-refractivity contribution in [2.24, 2.45) is 0 Å². The first kappa shape index (κ1) is 9.21. The molecule has 0 fully saturated rings. The fourth-order valence-corrected chi connectivity index (χ4v) is 0.637. The lowest BCUT2D eigenvalue weighted by Crippen LogP contribution is -1.91. The molecule has 10 heavy (non-hydrogen) atoms. The minimum absolute atomic E-state index is 0.226. The lowest BCUT2D eigenvalue weighted by molar-refractivity contribution is -0.117. The second-order valence-corrected chi connectivity index (χ2v) is 2.30. The molecule has 0 N–H and O–H groups in total. The van der Waals surface area contributed by atoms with Crippen molar-refractivity contribution in [1.82, 2.24) is 0 Å². The fraction of sp³-hybridized carbons (Fsp3) is 0.625. The molecule has 2 nitrogen and oxygen atoms in total. The van der Waals surface area contributed by atoms with Crippen LogP contribution in [0.1, 0.15) is 26.2 Å². The number of ketones is 1. The Hall–Kier alpha value is -0.790. The van der Waals surface area contributed by atoms with Crippen molar-refractivity contribution >= 4 is 5.78 Å². The van der Waals surface area contributed by atoms with Gasteiger partial charge < -0.3 is 9.53 Å². The van der Waals surface area contributed by atoms with E-state index in [0.29, 0.717) is 6.42 Å². The van der Waals surface area contributed by atoms with E-state index in [4.69, 9.17) is 4.74 Å². The van der Waals surface area contributed by atoms with Crippen LogP contribution >= 0.6 is 0 Å². The molecule has 0 aromatic carbocycles. The van der Waals surface area contributed by atoms with Crippen molar-refractivity contribution in [2.45, 2.75) is 26.2 Å². The van der Waals surface area contributed by atoms with Gasteiger partial charge in [0.1, 0.15) is 5.78 Å². The highest BCUT2D eigenvalue weighted by Crippen LogP contribution is 2.04. The van der Waals surface area contributed by atoms with Gasteiger partial charge in [-0.05, 0) is 13.3 Å². The van der Waals surface area contributed by atoms with Gasteiger partial charge in [0.2, 0.25) is 0 Å². The van der Waals surface area contributed by atoms with E-state index in [1.807, 2.05) is 0 Å². The molecular formula is C8H14O2. The third-order valence-electron chi connectivity index (χ3n) is 1.27. The molecule has 58 valence electrons. The summed E-state index contributed by atoms with van der Waals surface area (Å²) in [6.07, 6.45) is 2.26. The van der Waals surface area contributed by atoms with Crippen molar-refractivity contribution in [3.8, 4) is 0 Å². The van der Waals surface area contributed by atoms with Gasteiger partial charge >= 0.3 is 0 Å². The average Bonchev–Trinajstić information content (AvgIpc) is 1.87. The summed E-state index contributed by atoms with van der Waals surface area (Å²) in [4.78, 5) is 10.4. The zero-order chi connectivity index (χ0) is 7.98. The van der Waals surface area contributed by atoms with Crippen molar-refractivity contribution in [1.29, 1.82) is 0 Å². The van der Waals surface area contributed by atoms with Crippen molar-refractivity contribution in [3.05, 3.63) is 12.3 Å². The number of Topliss-reactive ketones (excluding diaryl/α,β-unsaturated/α-hetero) is 1. The number of allylic oxidation sites excluding steroid dienone is 1. The molecule has 0 amide bonds. The van der Waals surface area contributed by atoms with Gasteiger partial charge in [-0.15, -0.1) is 0 Å². The highest BCUT2D eigenvalue weighted by Gasteiger charge is 1.95. The normalized spacial score (nSPS) is 9.00. The number of methoxy groups -OCH3 is 1. The Bertz CT molecular complexity index is 127. The maximum Gasteiger partial charge on any atom is 0.129 e. The zero-order valence-electron chi connectivity index (χ0n) is 6.64. The molecule has 0 saturated carbocycles. The number of carbonyl (C=O) groups is 1. The fourth-order valence-electron chi connectivity index (χ4n) is 0.637. The number of carbonyl (C=O) groups excluding carboxylic acids is 1. The van der Waals surface area contributed by atoms with E-state index in [2.05, 4.69) is 6.58 Å². The van der Waals surface area contributed by atoms with E-state index in [-0.39, 0.29) is 5.78 Å². The van der Waals surface area contributed by atoms with Crippen LogP contribution in [0.4, 0.5) is 0 Å². The number of ether oxygens (including phenoxy) is 1. The van der Waals surface area contributed by atoms with Crippen molar-refractivity contribution in [2.75, 3.05) is 7.11 Å². The SMILES string of the molecule is C=C(CCCC(C)=O)OC. The van der Waals surface area contributed by atoms with E-state index >= 15 is 0 Å². The summed E-state index contributed by atoms with van der Waals surface area (Å²) in [7, 11) is 1.59. The second kappa shape index (κ2) is 5.03. The van der Waals surface area contributed by atoms with Gasteiger partial charge in [-0.25, -0.2) is 0 Å². The molecule has 0 unspecified atom stereocenters. The van der Waals surface area contributed by atoms with Crippen molar-refractivity contribution < 1.29 is 9.53 Å². The number of hydrogen-bond donors (Lipinski definition) is 0. The van der Waals surface area contributed by atoms with Gasteiger partial charge in [0.25, 0.3) is 0 Å². The van der Waals surface area contributed by atoms with E-state index < -0.39 is 0 Å². The van der Waals surface area contributed by atoms with Crippen LogP contribution in [0.15, 0.2) is 12.3 Å². The summed E-state index contributed by atoms with van der Waals surface area (Å²) in [5.41, 5.74) is 0. The Morgan fingerprint density at radius 3 is 2.50 bits per heavy atom. The molecule has 0 bridgehead atoms. The molecule has 2 heteroatoms. The Morgan fingerprint density at radius 1 is 1.50 bits per heavy atom. The van der Waals surface area contributed by atoms with Crippen LogP contribution in [0, 0.1) is 0 Å². The Balaban J connectivity index is 3.20. The lowest BCUT2D eigenvalue weighted by atomic mass is 10.2. The number of hydrogen-bond acceptors (Lipinski definition) is 2. The predicted molar refractivity (Wildman–Crippen MR) is 40.7 cm³/mol. The smallest absolute Gasteiger partial charge is 0.129 e. The largest absolute Gasteiger partial charge is 0.502 e. The summed E-state index contributed by atoms with van der Waals surface area (Å²) in [6.45, 7) is 5.23. The van der Waals surface area contributed by atoms with E-state index in [1.165, 1.54) is 0 Å². The first-order valence-electron chi connectivity index (χ1n) is 3.38. The minimum Gasteiger partial charge on any atom is -0.502 e. The third kappa shape index (κ3) is 5.35. The van der Waals surface area contributed by atoms with Crippen LogP contribution in [0.5, 0.6) is 0 Å². The summed E-state index contributed by atoms with van der Waals surface area (Å²) < 4.78 is 4.83. The highest BCUT2D eigenvalue weighted by atomic mass is 16.5. The predicted octanol–water partition coefficient (Wildman–Crippen LogP) is 1.91. The molecule has 0 saturated heterocycles. The van der Waals surface area contributed by atoms with Crippen LogP contribution in [-0.4, -0.2) is 12.9 Å². The summed E-state index contributed by atoms with van der Waals surface area (Å²) in [5, 5.41) is 0. The van der Waals surface area contributed by atoms with Crippen LogP contribution in [0.25, 0.3) is 0 Å². The summed E-state index contributed by atoms with van der Waals surface area (Å²) >= 11 is 0. The topological polar surface area (TPSA) is 26.3 Å². The molecule has 0 aliphatic heterocycles. The Kier molecular flexibility index (Phi) is 4.63. The van der Waals surface area contributed by atoms with Gasteiger partial charge in [-0.3, -0.25) is 0 Å². The first-order valence-corrected chi connectivity index (χ1v) is 3.38. The molecule has 0 aromatic heterocycles. The van der Waals surface area contributed by atoms with Crippen molar-refractivity contribution in [3.63, 3.8) is 0 Å². The molecular weight excluding hydrogens is 128 g/mol. The average molecular weight is 142 g/mol. The standard InChI is InChI=1S/C8H14O2/c1-7(9)5-4-6-8(2)10-3/h2,4-6H2,1,3H3. The maximum absolute atomic E-state index is 10.4. The lowest BCUT2D eigenvalue weighted by Gasteiger charge is -2.00. The maximum atomic E-state index is 10.4. The monoisotopic (exact) mass is 142 g/mol. The molecule has 0 aliphatic rings. The molecule has 0 atom stereocenters. The Morgan fingerprint density at radius 2 is 2.10 bits per heavy atom. The molecule has 0 aromatic rings. The quantitative estimate of drug-likeness (QED) is 0.548. The van der Waals surface area contributed by atoms with E-state index in [1.54, 1.807) is 14.0 Å². The minimum atomic E-state index is 0.226. The molecule has 0 radical (unpaired) electrons. The summed E-state index contributed by atoms with van der Waals surface area (Å²) in [5.74, 6) is 0.977. The third-order valence-corrected chi connectivity index (χ3v) is 1.27. The van der Waals surface area contributed by atoms with Crippen LogP contribution in [-0.2, 0) is 9.53 Å². The van der Waals surface area contributed by atoms with Gasteiger partial charge in [0, 0.05) is 12.8 Å². The van der Waals surface area contributed by atoms with Gasteiger partial charge in [-0.2, -0.15) is 0 Å². The zero-order valence-corrected chi connectivity index (χ0v) is 6.64. The van der Waals surface area contributed by atoms with E-state index in [0.717, 1.165) is 18.6 Å². The van der Waals surface area contributed by atoms with E-state index in [9.17, 15) is 4.79 Å². The van der Waals surface area contributed by atoms with Gasteiger partial charge in [0.05, 0.1) is 12.9 Å². The molecule has 0 rings (SSSR count). The molecule has 0 spiro atoms. The van der Waals surface area contributed by atoms with Gasteiger partial charge in [-0.1, -0.05) is 6.58 Å².